The zero-order valence-corrected chi connectivity index (χ0v) is 53.1. The summed E-state index contributed by atoms with van der Waals surface area (Å²) in [6, 6.07) is 31.7. The normalized spacial score (nSPS) is 33.3. The number of para-hydroxylation sites is 2. The van der Waals surface area contributed by atoms with Gasteiger partial charge in [-0.3, -0.25) is 9.59 Å². The molecule has 2 N–H and O–H groups in total. The lowest BCUT2D eigenvalue weighted by molar-refractivity contribution is -0.149. The Morgan fingerprint density at radius 3 is 1.47 bits per heavy atom. The zero-order valence-electron chi connectivity index (χ0n) is 53.1. The fourth-order valence-corrected chi connectivity index (χ4v) is 20.9. The average molecular weight is 1150 g/mol. The van der Waals surface area contributed by atoms with E-state index in [2.05, 4.69) is 156 Å². The third-order valence-corrected chi connectivity index (χ3v) is 25.0. The van der Waals surface area contributed by atoms with Crippen LogP contribution in [-0.4, -0.2) is 70.4 Å². The molecule has 1 saturated carbocycles. The van der Waals surface area contributed by atoms with Crippen LogP contribution in [0.2, 0.25) is 0 Å². The molecular formula is C76H87N5O5. The summed E-state index contributed by atoms with van der Waals surface area (Å²) in [5, 5.41) is 10.1. The number of amides is 1. The molecule has 10 heteroatoms. The van der Waals surface area contributed by atoms with E-state index < -0.39 is 0 Å². The quantitative estimate of drug-likeness (QED) is 0.153. The van der Waals surface area contributed by atoms with E-state index >= 15 is 0 Å². The predicted molar refractivity (Wildman–Crippen MR) is 341 cm³/mol. The van der Waals surface area contributed by atoms with Gasteiger partial charge in [-0.05, 0) is 179 Å². The van der Waals surface area contributed by atoms with Crippen LogP contribution in [0, 0.1) is 50.9 Å². The topological polar surface area (TPSA) is 115 Å². The number of Topliss-reactive ketones (excluding diaryl/α,β-unsaturated/α-hetero) is 1. The number of aryl methyl sites for hydroxylation is 5. The first-order chi connectivity index (χ1) is 41.5. The molecule has 5 aromatic carbocycles. The second-order valence-electron chi connectivity index (χ2n) is 28.1. The lowest BCUT2D eigenvalue weighted by Crippen LogP contribution is -2.70. The number of nitrogens with zero attached hydrogens (tertiary/aromatic N) is 3. The van der Waals surface area contributed by atoms with E-state index in [1.54, 1.807) is 6.92 Å². The van der Waals surface area contributed by atoms with Gasteiger partial charge in [-0.25, -0.2) is 9.97 Å². The van der Waals surface area contributed by atoms with Crippen molar-refractivity contribution >= 4 is 33.5 Å². The molecule has 8 heterocycles. The van der Waals surface area contributed by atoms with Gasteiger partial charge in [0.05, 0.1) is 38.7 Å². The lowest BCUT2D eigenvalue weighted by atomic mass is 9.44. The summed E-state index contributed by atoms with van der Waals surface area (Å²) in [7, 11) is 0. The van der Waals surface area contributed by atoms with Crippen LogP contribution in [0.3, 0.4) is 0 Å². The van der Waals surface area contributed by atoms with Gasteiger partial charge in [0.15, 0.2) is 24.1 Å². The van der Waals surface area contributed by atoms with Crippen molar-refractivity contribution in [1.29, 1.82) is 0 Å². The van der Waals surface area contributed by atoms with E-state index in [1.807, 2.05) is 27.7 Å². The van der Waals surface area contributed by atoms with Crippen molar-refractivity contribution in [2.24, 2.45) is 16.2 Å². The number of benzene rings is 5. The lowest BCUT2D eigenvalue weighted by Gasteiger charge is -2.64. The number of rotatable bonds is 0. The minimum absolute atomic E-state index is 0.0271. The molecule has 6 bridgehead atoms. The number of likely N-dealkylation sites (tertiary alicyclic amines) is 1. The van der Waals surface area contributed by atoms with Gasteiger partial charge < -0.3 is 29.7 Å². The first-order valence-electron chi connectivity index (χ1n) is 32.9. The van der Waals surface area contributed by atoms with E-state index in [0.717, 1.165) is 111 Å². The van der Waals surface area contributed by atoms with Gasteiger partial charge in [-0.1, -0.05) is 121 Å². The highest BCUT2D eigenvalue weighted by molar-refractivity contribution is 5.90. The molecule has 4 fully saturated rings. The summed E-state index contributed by atoms with van der Waals surface area (Å²) in [6.45, 7) is 31.0. The number of hydrogen-bond acceptors (Lipinski definition) is 9. The maximum Gasteiger partial charge on any atom is 0.219 e. The Bertz CT molecular complexity index is 4080. The summed E-state index contributed by atoms with van der Waals surface area (Å²) in [6.07, 6.45) is 9.55. The predicted octanol–water partition coefficient (Wildman–Crippen LogP) is 14.0. The average Bonchev–Trinajstić information content (AvgIpc) is 1.39. The maximum absolute atomic E-state index is 12.7. The van der Waals surface area contributed by atoms with Crippen LogP contribution in [0.5, 0.6) is 17.2 Å². The Kier molecular flexibility index (Phi) is 12.5. The summed E-state index contributed by atoms with van der Waals surface area (Å²) in [4.78, 5) is 38.0. The van der Waals surface area contributed by atoms with Gasteiger partial charge in [0.25, 0.3) is 0 Å². The Balaban J connectivity index is 0.000000108. The molecule has 0 unspecified atom stereocenters. The van der Waals surface area contributed by atoms with E-state index in [1.165, 1.54) is 88.8 Å². The van der Waals surface area contributed by atoms with E-state index in [4.69, 9.17) is 24.2 Å². The van der Waals surface area contributed by atoms with Gasteiger partial charge >= 0.3 is 0 Å². The Hall–Kier alpha value is -6.62. The standard InChI is InChI=1S/C28H28N2O2.C26H26N2O.C18H21NO2.2C2H6/c1-15-9-10-18-13-22-27(4)14-20-16(2)19-7-5-6-8-21(19)29-24(20)26-28(27,23(18)25(15)32-26)11-12-30(22)17(3)31;1-14-8-9-16-12-20-25(3)13-18-15(2)17-6-4-5-7-19(17)28-22(18)24-26(25,10-11-27-20)21(16)23(14)29-24;1-10-3-4-11-9-13-17(2)6-5-12(20)16-18(17,7-8-19-13)14(11)15(10)21-16;2*1-2/h5-10,22,26H,11-14H2,1-4H3;4-9,20,24,27H,10-13H2,1-3H3;3-4,13,16,19H,5-9H2,1-2H3;2*1-2H3/t22-,26+,27+,28+;20-,24+,25+,26+;13-,16+,17+,18+;;/m111../s1. The highest BCUT2D eigenvalue weighted by Crippen LogP contribution is 2.73. The Morgan fingerprint density at radius 2 is 0.965 bits per heavy atom. The SMILES string of the molecule is CC.CC.CC(=O)N1CC[C@]23c4c5ccc(C)c4O[C@H]2c2nc4ccccc4c(C)c2C[C@@]3(C)[C@H]1C5.Cc1ccc2c3c1O[C@H]1C(=O)CC[C@@]4(C)[C@@H](C2)NCC[C@]314.Cc1ccc2c3c1O[C@H]1c4nc5ccccc5c(C)c4C[C@@]4(C)[C@@H](C2)NCC[C@]314. The molecule has 0 radical (unpaired) electrons. The van der Waals surface area contributed by atoms with Crippen molar-refractivity contribution in [2.75, 3.05) is 19.6 Å². The zero-order chi connectivity index (χ0) is 59.9. The first kappa shape index (κ1) is 55.9. The number of pyridine rings is 2. The van der Waals surface area contributed by atoms with Crippen molar-refractivity contribution in [3.8, 4) is 17.2 Å². The monoisotopic (exact) mass is 1150 g/mol. The number of ketones is 1. The molecule has 19 rings (SSSR count). The minimum atomic E-state index is -0.240. The second-order valence-corrected chi connectivity index (χ2v) is 28.1. The molecule has 7 aromatic rings. The summed E-state index contributed by atoms with van der Waals surface area (Å²) in [5.41, 5.74) is 22.2. The third-order valence-electron chi connectivity index (χ3n) is 25.0. The van der Waals surface area contributed by atoms with E-state index in [0.29, 0.717) is 24.3 Å². The summed E-state index contributed by atoms with van der Waals surface area (Å²) >= 11 is 0. The van der Waals surface area contributed by atoms with Crippen molar-refractivity contribution in [3.63, 3.8) is 0 Å². The molecule has 6 aliphatic heterocycles. The Labute approximate surface area is 509 Å². The maximum atomic E-state index is 12.7. The summed E-state index contributed by atoms with van der Waals surface area (Å²) in [5.74, 6) is 3.76. The first-order valence-corrected chi connectivity index (χ1v) is 32.9. The number of hydrogen-bond donors (Lipinski definition) is 2. The highest BCUT2D eigenvalue weighted by Gasteiger charge is 2.73. The van der Waals surface area contributed by atoms with Crippen molar-refractivity contribution in [2.45, 2.75) is 207 Å². The van der Waals surface area contributed by atoms with Crippen LogP contribution < -0.4 is 24.8 Å². The van der Waals surface area contributed by atoms with Crippen molar-refractivity contribution in [3.05, 3.63) is 169 Å². The number of ether oxygens (including phenoxy) is 3. The fourth-order valence-electron chi connectivity index (χ4n) is 20.9. The number of nitrogens with one attached hydrogen (secondary N) is 2. The van der Waals surface area contributed by atoms with Gasteiger partial charge in [-0.15, -0.1) is 0 Å². The van der Waals surface area contributed by atoms with Gasteiger partial charge in [0, 0.05) is 76.3 Å². The van der Waals surface area contributed by atoms with Gasteiger partial charge in [0.2, 0.25) is 5.91 Å². The van der Waals surface area contributed by atoms with E-state index in [-0.39, 0.29) is 62.8 Å². The smallest absolute Gasteiger partial charge is 0.219 e. The van der Waals surface area contributed by atoms with Crippen LogP contribution in [0.1, 0.15) is 183 Å². The molecule has 12 atom stereocenters. The molecule has 1 amide bonds. The van der Waals surface area contributed by atoms with Crippen LogP contribution in [0.25, 0.3) is 21.8 Å². The minimum Gasteiger partial charge on any atom is -0.483 e. The number of piperidine rings is 3. The molecule has 2 aromatic heterocycles. The largest absolute Gasteiger partial charge is 0.483 e. The van der Waals surface area contributed by atoms with Crippen LogP contribution in [-0.2, 0) is 57.9 Å². The molecule has 446 valence electrons. The van der Waals surface area contributed by atoms with Gasteiger partial charge in [0.1, 0.15) is 17.2 Å². The molecule has 12 aliphatic rings. The number of carbonyl (C=O) groups is 2. The number of aromatic nitrogens is 2. The van der Waals surface area contributed by atoms with Crippen LogP contribution in [0.15, 0.2) is 84.9 Å². The highest BCUT2D eigenvalue weighted by atomic mass is 16.5. The van der Waals surface area contributed by atoms with Crippen molar-refractivity contribution < 1.29 is 23.8 Å². The molecule has 10 nitrogen and oxygen atoms in total. The molecule has 3 spiro atoms. The van der Waals surface area contributed by atoms with Crippen molar-refractivity contribution in [1.82, 2.24) is 25.5 Å². The van der Waals surface area contributed by atoms with Crippen LogP contribution in [0.4, 0.5) is 0 Å². The Morgan fingerprint density at radius 1 is 0.535 bits per heavy atom. The molecule has 6 aliphatic carbocycles. The van der Waals surface area contributed by atoms with Gasteiger partial charge in [-0.2, -0.15) is 0 Å². The number of carbonyl (C=O) groups excluding carboxylic acids is 2. The third kappa shape index (κ3) is 6.71. The molecule has 3 saturated heterocycles. The van der Waals surface area contributed by atoms with E-state index in [9.17, 15) is 9.59 Å². The molecular weight excluding hydrogens is 1060 g/mol. The fraction of sp³-hybridized carbons (Fsp3) is 0.500. The van der Waals surface area contributed by atoms with Crippen LogP contribution >= 0.6 is 0 Å². The second kappa shape index (κ2) is 19.2. The summed E-state index contributed by atoms with van der Waals surface area (Å²) < 4.78 is 20.2. The number of fused-ring (bicyclic) bond motifs is 6. The molecule has 86 heavy (non-hydrogen) atoms.